The fraction of sp³-hybridized carbons (Fsp3) is 0.0909. The van der Waals surface area contributed by atoms with E-state index in [1.54, 1.807) is 16.8 Å². The van der Waals surface area contributed by atoms with Crippen LogP contribution in [0.4, 0.5) is 0 Å². The molecule has 14 heavy (non-hydrogen) atoms. The summed E-state index contributed by atoms with van der Waals surface area (Å²) in [5.41, 5.74) is 2.61. The molecule has 3 nitrogen and oxygen atoms in total. The summed E-state index contributed by atoms with van der Waals surface area (Å²) in [5.74, 6) is 0. The second-order valence-corrected chi connectivity index (χ2v) is 3.06. The molecule has 0 unspecified atom stereocenters. The molecule has 0 saturated carbocycles. The summed E-state index contributed by atoms with van der Waals surface area (Å²) in [6, 6.07) is 11.4. The highest BCUT2D eigenvalue weighted by Crippen LogP contribution is 2.08. The van der Waals surface area contributed by atoms with Gasteiger partial charge >= 0.3 is 0 Å². The van der Waals surface area contributed by atoms with E-state index in [1.165, 1.54) is 0 Å². The standard InChI is InChI=1S/C11H9N3/c1-9-6-7-14(13-9)11-4-2-10(8-12)3-5-11/h2-7H,1H3. The van der Waals surface area contributed by atoms with E-state index in [0.717, 1.165) is 11.4 Å². The number of hydrogen-bond donors (Lipinski definition) is 0. The normalized spacial score (nSPS) is 9.71. The molecule has 0 N–H and O–H groups in total. The van der Waals surface area contributed by atoms with E-state index in [4.69, 9.17) is 5.26 Å². The fourth-order valence-corrected chi connectivity index (χ4v) is 1.25. The van der Waals surface area contributed by atoms with Crippen LogP contribution in [0, 0.1) is 18.3 Å². The van der Waals surface area contributed by atoms with Crippen molar-refractivity contribution in [3.8, 4) is 11.8 Å². The summed E-state index contributed by atoms with van der Waals surface area (Å²) in [6.07, 6.45) is 1.90. The molecule has 0 fully saturated rings. The molecule has 0 aliphatic heterocycles. The maximum Gasteiger partial charge on any atom is 0.0991 e. The first-order valence-corrected chi connectivity index (χ1v) is 4.32. The third-order valence-electron chi connectivity index (χ3n) is 1.98. The SMILES string of the molecule is Cc1ccn(-c2ccc(C#N)cc2)n1. The number of aromatic nitrogens is 2. The zero-order chi connectivity index (χ0) is 9.97. The van der Waals surface area contributed by atoms with Gasteiger partial charge in [0.15, 0.2) is 0 Å². The van der Waals surface area contributed by atoms with Crippen LogP contribution in [0.25, 0.3) is 5.69 Å². The quantitative estimate of drug-likeness (QED) is 0.679. The molecule has 0 aliphatic rings. The number of aryl methyl sites for hydroxylation is 1. The predicted octanol–water partition coefficient (Wildman–Crippen LogP) is 2.05. The Labute approximate surface area is 82.2 Å². The van der Waals surface area contributed by atoms with Crippen LogP contribution in [0.5, 0.6) is 0 Å². The van der Waals surface area contributed by atoms with Crippen molar-refractivity contribution in [2.75, 3.05) is 0 Å². The van der Waals surface area contributed by atoms with Crippen LogP contribution >= 0.6 is 0 Å². The second kappa shape index (κ2) is 3.35. The molecular weight excluding hydrogens is 174 g/mol. The average Bonchev–Trinajstić information content (AvgIpc) is 2.65. The van der Waals surface area contributed by atoms with Crippen molar-refractivity contribution in [1.82, 2.24) is 9.78 Å². The van der Waals surface area contributed by atoms with Gasteiger partial charge in [-0.25, -0.2) is 4.68 Å². The largest absolute Gasteiger partial charge is 0.241 e. The minimum absolute atomic E-state index is 0.664. The monoisotopic (exact) mass is 183 g/mol. The van der Waals surface area contributed by atoms with Gasteiger partial charge in [-0.05, 0) is 37.3 Å². The summed E-state index contributed by atoms with van der Waals surface area (Å²) >= 11 is 0. The zero-order valence-electron chi connectivity index (χ0n) is 7.81. The Balaban J connectivity index is 2.39. The van der Waals surface area contributed by atoms with Crippen molar-refractivity contribution in [1.29, 1.82) is 5.26 Å². The number of nitriles is 1. The number of nitrogens with zero attached hydrogens (tertiary/aromatic N) is 3. The van der Waals surface area contributed by atoms with Crippen LogP contribution in [0.2, 0.25) is 0 Å². The molecule has 1 heterocycles. The molecule has 0 bridgehead atoms. The molecule has 3 heteroatoms. The Hall–Kier alpha value is -2.08. The summed E-state index contributed by atoms with van der Waals surface area (Å²) in [5, 5.41) is 12.9. The van der Waals surface area contributed by atoms with Gasteiger partial charge in [-0.1, -0.05) is 0 Å². The number of hydrogen-bond acceptors (Lipinski definition) is 2. The molecule has 0 amide bonds. The average molecular weight is 183 g/mol. The lowest BCUT2D eigenvalue weighted by Gasteiger charge is -1.99. The molecule has 1 aromatic heterocycles. The van der Waals surface area contributed by atoms with Gasteiger partial charge in [-0.3, -0.25) is 0 Å². The van der Waals surface area contributed by atoms with E-state index in [9.17, 15) is 0 Å². The summed E-state index contributed by atoms with van der Waals surface area (Å²) in [7, 11) is 0. The third kappa shape index (κ3) is 1.50. The topological polar surface area (TPSA) is 41.6 Å². The van der Waals surface area contributed by atoms with E-state index >= 15 is 0 Å². The smallest absolute Gasteiger partial charge is 0.0991 e. The Morgan fingerprint density at radius 1 is 1.21 bits per heavy atom. The number of rotatable bonds is 1. The van der Waals surface area contributed by atoms with Crippen molar-refractivity contribution in [3.63, 3.8) is 0 Å². The minimum Gasteiger partial charge on any atom is -0.241 e. The summed E-state index contributed by atoms with van der Waals surface area (Å²) in [6.45, 7) is 1.94. The van der Waals surface area contributed by atoms with Gasteiger partial charge in [-0.2, -0.15) is 10.4 Å². The van der Waals surface area contributed by atoms with Crippen molar-refractivity contribution in [2.24, 2.45) is 0 Å². The molecule has 0 atom stereocenters. The van der Waals surface area contributed by atoms with Crippen LogP contribution in [0.15, 0.2) is 36.5 Å². The van der Waals surface area contributed by atoms with Crippen LogP contribution in [0.3, 0.4) is 0 Å². The lowest BCUT2D eigenvalue weighted by atomic mass is 10.2. The summed E-state index contributed by atoms with van der Waals surface area (Å²) in [4.78, 5) is 0. The molecule has 68 valence electrons. The van der Waals surface area contributed by atoms with E-state index in [0.29, 0.717) is 5.56 Å². The Bertz CT molecular complexity index is 474. The molecule has 2 aromatic rings. The van der Waals surface area contributed by atoms with Crippen LogP contribution in [-0.4, -0.2) is 9.78 Å². The Morgan fingerprint density at radius 3 is 2.43 bits per heavy atom. The highest BCUT2D eigenvalue weighted by molar-refractivity contribution is 5.38. The summed E-state index contributed by atoms with van der Waals surface area (Å²) < 4.78 is 1.79. The Morgan fingerprint density at radius 2 is 1.93 bits per heavy atom. The molecule has 1 aromatic carbocycles. The van der Waals surface area contributed by atoms with Gasteiger partial charge in [-0.15, -0.1) is 0 Å². The van der Waals surface area contributed by atoms with Crippen molar-refractivity contribution in [2.45, 2.75) is 6.92 Å². The van der Waals surface area contributed by atoms with Crippen LogP contribution in [0.1, 0.15) is 11.3 Å². The van der Waals surface area contributed by atoms with Gasteiger partial charge in [0.05, 0.1) is 23.0 Å². The van der Waals surface area contributed by atoms with Gasteiger partial charge in [0.2, 0.25) is 0 Å². The first-order chi connectivity index (χ1) is 6.79. The highest BCUT2D eigenvalue weighted by Gasteiger charge is 1.97. The minimum atomic E-state index is 0.664. The fourth-order valence-electron chi connectivity index (χ4n) is 1.25. The first-order valence-electron chi connectivity index (χ1n) is 4.32. The second-order valence-electron chi connectivity index (χ2n) is 3.06. The van der Waals surface area contributed by atoms with Crippen molar-refractivity contribution < 1.29 is 0 Å². The van der Waals surface area contributed by atoms with E-state index in [2.05, 4.69) is 11.2 Å². The van der Waals surface area contributed by atoms with E-state index in [1.807, 2.05) is 31.3 Å². The van der Waals surface area contributed by atoms with E-state index < -0.39 is 0 Å². The maximum absolute atomic E-state index is 8.63. The maximum atomic E-state index is 8.63. The van der Waals surface area contributed by atoms with Gasteiger partial charge < -0.3 is 0 Å². The van der Waals surface area contributed by atoms with Gasteiger partial charge in [0.25, 0.3) is 0 Å². The van der Waals surface area contributed by atoms with Gasteiger partial charge in [0.1, 0.15) is 0 Å². The highest BCUT2D eigenvalue weighted by atomic mass is 15.3. The lowest BCUT2D eigenvalue weighted by molar-refractivity contribution is 0.862. The van der Waals surface area contributed by atoms with E-state index in [-0.39, 0.29) is 0 Å². The third-order valence-corrected chi connectivity index (χ3v) is 1.98. The van der Waals surface area contributed by atoms with Crippen molar-refractivity contribution in [3.05, 3.63) is 47.8 Å². The van der Waals surface area contributed by atoms with Crippen LogP contribution in [-0.2, 0) is 0 Å². The molecule has 2 rings (SSSR count). The van der Waals surface area contributed by atoms with Crippen LogP contribution < -0.4 is 0 Å². The lowest BCUT2D eigenvalue weighted by Crippen LogP contribution is -1.94. The molecule has 0 aliphatic carbocycles. The molecule has 0 radical (unpaired) electrons. The molecular formula is C11H9N3. The molecule has 0 saturated heterocycles. The predicted molar refractivity (Wildman–Crippen MR) is 53.0 cm³/mol. The van der Waals surface area contributed by atoms with Crippen molar-refractivity contribution >= 4 is 0 Å². The Kier molecular flexibility index (Phi) is 2.04. The molecule has 0 spiro atoms. The van der Waals surface area contributed by atoms with Gasteiger partial charge in [0, 0.05) is 6.20 Å². The first kappa shape index (κ1) is 8.52. The number of benzene rings is 1. The zero-order valence-corrected chi connectivity index (χ0v) is 7.81.